The number of fused-ring (bicyclic) bond motifs is 1. The number of carbonyl (C=O) groups is 1. The molecule has 9 heteroatoms. The minimum Gasteiger partial charge on any atom is -0.492 e. The number of hydrogen-bond acceptors (Lipinski definition) is 5. The molecule has 0 saturated carbocycles. The van der Waals surface area contributed by atoms with Crippen molar-refractivity contribution in [2.24, 2.45) is 10.9 Å². The van der Waals surface area contributed by atoms with E-state index in [0.29, 0.717) is 10.7 Å². The van der Waals surface area contributed by atoms with Gasteiger partial charge < -0.3 is 14.4 Å². The molecule has 0 spiro atoms. The molecule has 1 aromatic carbocycles. The van der Waals surface area contributed by atoms with Gasteiger partial charge in [0.15, 0.2) is 5.82 Å². The topological polar surface area (TPSA) is 76.7 Å². The molecule has 0 bridgehead atoms. The fourth-order valence-electron chi connectivity index (χ4n) is 2.63. The van der Waals surface area contributed by atoms with Crippen LogP contribution in [0.3, 0.4) is 0 Å². The molecule has 1 aliphatic heterocycles. The van der Waals surface area contributed by atoms with Crippen LogP contribution in [0.2, 0.25) is 5.02 Å². The van der Waals surface area contributed by atoms with Gasteiger partial charge in [0.1, 0.15) is 27.8 Å². The summed E-state index contributed by atoms with van der Waals surface area (Å²) in [5, 5.41) is 8.98. The van der Waals surface area contributed by atoms with Crippen molar-refractivity contribution in [1.82, 2.24) is 8.94 Å². The van der Waals surface area contributed by atoms with Gasteiger partial charge in [-0.25, -0.2) is 14.2 Å². The fraction of sp³-hybridized carbons (Fsp3) is 0.400. The lowest BCUT2D eigenvalue weighted by molar-refractivity contribution is 0.0691. The lowest BCUT2D eigenvalue weighted by Gasteiger charge is -2.10. The van der Waals surface area contributed by atoms with Gasteiger partial charge in [-0.05, 0) is 12.8 Å². The maximum Gasteiger partial charge on any atom is 0.340 e. The maximum atomic E-state index is 14.6. The predicted molar refractivity (Wildman–Crippen MR) is 87.7 cm³/mol. The van der Waals surface area contributed by atoms with E-state index in [0.717, 1.165) is 30.3 Å². The molecular weight excluding hydrogens is 357 g/mol. The summed E-state index contributed by atoms with van der Waals surface area (Å²) in [5.74, 6) is -1.00. The molecule has 1 atom stereocenters. The SMILES string of the molecule is CCOc1cc(N=c2snc3n2CC(C)C3)c(F)c(C(=O)O)c1Cl. The van der Waals surface area contributed by atoms with Crippen LogP contribution in [-0.2, 0) is 13.0 Å². The molecule has 0 saturated heterocycles. The van der Waals surface area contributed by atoms with Crippen LogP contribution in [0, 0.1) is 11.7 Å². The van der Waals surface area contributed by atoms with E-state index in [-0.39, 0.29) is 23.1 Å². The number of carboxylic acids is 1. The Bertz CT molecular complexity index is 878. The summed E-state index contributed by atoms with van der Waals surface area (Å²) in [5.41, 5.74) is -0.764. The van der Waals surface area contributed by atoms with Gasteiger partial charge in [0.05, 0.1) is 6.61 Å². The monoisotopic (exact) mass is 371 g/mol. The van der Waals surface area contributed by atoms with Crippen LogP contribution < -0.4 is 9.54 Å². The molecule has 2 heterocycles. The highest BCUT2D eigenvalue weighted by Gasteiger charge is 2.24. The third kappa shape index (κ3) is 2.91. The van der Waals surface area contributed by atoms with Crippen LogP contribution in [-0.4, -0.2) is 26.6 Å². The van der Waals surface area contributed by atoms with Crippen molar-refractivity contribution in [3.63, 3.8) is 0 Å². The van der Waals surface area contributed by atoms with Crippen molar-refractivity contribution in [3.8, 4) is 5.75 Å². The third-order valence-electron chi connectivity index (χ3n) is 3.68. The van der Waals surface area contributed by atoms with E-state index in [9.17, 15) is 14.3 Å². The highest BCUT2D eigenvalue weighted by Crippen LogP contribution is 2.36. The molecule has 128 valence electrons. The summed E-state index contributed by atoms with van der Waals surface area (Å²) >= 11 is 7.11. The summed E-state index contributed by atoms with van der Waals surface area (Å²) < 4.78 is 26.1. The first-order valence-corrected chi connectivity index (χ1v) is 8.55. The smallest absolute Gasteiger partial charge is 0.340 e. The molecule has 0 radical (unpaired) electrons. The number of hydrogen-bond donors (Lipinski definition) is 1. The molecule has 0 fully saturated rings. The van der Waals surface area contributed by atoms with Gasteiger partial charge >= 0.3 is 5.97 Å². The number of halogens is 2. The van der Waals surface area contributed by atoms with Crippen LogP contribution in [0.1, 0.15) is 30.0 Å². The van der Waals surface area contributed by atoms with Gasteiger partial charge in [-0.3, -0.25) is 0 Å². The Balaban J connectivity index is 2.18. The minimum atomic E-state index is -1.47. The van der Waals surface area contributed by atoms with E-state index in [1.165, 1.54) is 6.07 Å². The van der Waals surface area contributed by atoms with E-state index < -0.39 is 17.3 Å². The first kappa shape index (κ1) is 16.9. The van der Waals surface area contributed by atoms with Crippen LogP contribution >= 0.6 is 23.1 Å². The van der Waals surface area contributed by atoms with Gasteiger partial charge in [-0.2, -0.15) is 4.37 Å². The van der Waals surface area contributed by atoms with Crippen molar-refractivity contribution in [1.29, 1.82) is 0 Å². The van der Waals surface area contributed by atoms with Crippen molar-refractivity contribution >= 4 is 34.8 Å². The van der Waals surface area contributed by atoms with Crippen LogP contribution in [0.5, 0.6) is 5.75 Å². The summed E-state index contributed by atoms with van der Waals surface area (Å²) in [6.45, 7) is 4.85. The molecule has 1 aliphatic rings. The number of ether oxygens (including phenoxy) is 1. The molecule has 0 amide bonds. The van der Waals surface area contributed by atoms with E-state index >= 15 is 0 Å². The fourth-order valence-corrected chi connectivity index (χ4v) is 3.68. The van der Waals surface area contributed by atoms with Gasteiger partial charge in [0, 0.05) is 30.6 Å². The number of rotatable bonds is 4. The summed E-state index contributed by atoms with van der Waals surface area (Å²) in [6.07, 6.45) is 0.847. The Labute approximate surface area is 146 Å². The summed E-state index contributed by atoms with van der Waals surface area (Å²) in [4.78, 5) is 16.1. The number of nitrogens with zero attached hydrogens (tertiary/aromatic N) is 3. The van der Waals surface area contributed by atoms with Gasteiger partial charge in [-0.15, -0.1) is 0 Å². The van der Waals surface area contributed by atoms with Crippen molar-refractivity contribution < 1.29 is 19.0 Å². The molecular formula is C15H15ClFN3O3S. The average Bonchev–Trinajstić information content (AvgIpc) is 3.04. The molecule has 1 N–H and O–H groups in total. The van der Waals surface area contributed by atoms with Gasteiger partial charge in [0.2, 0.25) is 4.80 Å². The highest BCUT2D eigenvalue weighted by atomic mass is 35.5. The van der Waals surface area contributed by atoms with Crippen molar-refractivity contribution in [2.45, 2.75) is 26.8 Å². The molecule has 24 heavy (non-hydrogen) atoms. The molecule has 1 aromatic heterocycles. The molecule has 2 aromatic rings. The third-order valence-corrected chi connectivity index (χ3v) is 4.83. The molecule has 1 unspecified atom stereocenters. The van der Waals surface area contributed by atoms with Gasteiger partial charge in [-0.1, -0.05) is 18.5 Å². The molecule has 0 aliphatic carbocycles. The Morgan fingerprint density at radius 3 is 3.08 bits per heavy atom. The molecule has 3 rings (SSSR count). The summed E-state index contributed by atoms with van der Waals surface area (Å²) in [7, 11) is 0. The normalized spacial score (nSPS) is 17.2. The molecule has 6 nitrogen and oxygen atoms in total. The first-order valence-electron chi connectivity index (χ1n) is 7.40. The Kier molecular flexibility index (Phi) is 4.60. The number of aromatic nitrogens is 2. The maximum absolute atomic E-state index is 14.6. The second-order valence-electron chi connectivity index (χ2n) is 5.55. The van der Waals surface area contributed by atoms with E-state index in [4.69, 9.17) is 16.3 Å². The Morgan fingerprint density at radius 2 is 2.42 bits per heavy atom. The zero-order valence-electron chi connectivity index (χ0n) is 13.0. The van der Waals surface area contributed by atoms with E-state index in [1.807, 2.05) is 4.57 Å². The number of benzene rings is 1. The van der Waals surface area contributed by atoms with E-state index in [2.05, 4.69) is 16.3 Å². The standard InChI is InChI=1S/C15H15ClFN3O3S/c1-3-23-9-5-8(13(17)11(12(9)16)14(21)22)18-15-20-6-7(2)4-10(20)19-24-15/h5,7H,3-4,6H2,1-2H3,(H,21,22). The average molecular weight is 372 g/mol. The zero-order valence-corrected chi connectivity index (χ0v) is 14.6. The van der Waals surface area contributed by atoms with Gasteiger partial charge in [0.25, 0.3) is 0 Å². The lowest BCUT2D eigenvalue weighted by atomic mass is 10.1. The highest BCUT2D eigenvalue weighted by molar-refractivity contribution is 7.02. The quantitative estimate of drug-likeness (QED) is 0.894. The number of carboxylic acid groups (broad SMARTS) is 1. The predicted octanol–water partition coefficient (Wildman–Crippen LogP) is 3.26. The Morgan fingerprint density at radius 1 is 1.67 bits per heavy atom. The van der Waals surface area contributed by atoms with Crippen molar-refractivity contribution in [2.75, 3.05) is 6.61 Å². The minimum absolute atomic E-state index is 0.0937. The zero-order chi connectivity index (χ0) is 17.4. The number of aromatic carboxylic acids is 1. The van der Waals surface area contributed by atoms with Crippen molar-refractivity contribution in [3.05, 3.63) is 33.1 Å². The summed E-state index contributed by atoms with van der Waals surface area (Å²) in [6, 6.07) is 1.32. The van der Waals surface area contributed by atoms with E-state index in [1.54, 1.807) is 6.92 Å². The largest absolute Gasteiger partial charge is 0.492 e. The Hall–Kier alpha value is -1.93. The van der Waals surface area contributed by atoms with Crippen LogP contribution in [0.25, 0.3) is 0 Å². The lowest BCUT2D eigenvalue weighted by Crippen LogP contribution is -2.14. The van der Waals surface area contributed by atoms with Crippen LogP contribution in [0.15, 0.2) is 11.1 Å². The second-order valence-corrected chi connectivity index (χ2v) is 6.66. The van der Waals surface area contributed by atoms with Crippen LogP contribution in [0.4, 0.5) is 10.1 Å². The first-order chi connectivity index (χ1) is 11.4. The second kappa shape index (κ2) is 6.52.